The van der Waals surface area contributed by atoms with Gasteiger partial charge in [-0.05, 0) is 29.8 Å². The molecule has 2 N–H and O–H groups in total. The first-order valence-corrected chi connectivity index (χ1v) is 6.97. The molecule has 21 heavy (non-hydrogen) atoms. The molecule has 112 valence electrons. The quantitative estimate of drug-likeness (QED) is 0.917. The Bertz CT molecular complexity index is 621. The molecule has 0 aromatic heterocycles. The third-order valence-electron chi connectivity index (χ3n) is 3.48. The monoisotopic (exact) mass is 308 g/mol. The van der Waals surface area contributed by atoms with E-state index in [4.69, 9.17) is 22.1 Å². The van der Waals surface area contributed by atoms with Gasteiger partial charge in [-0.3, -0.25) is 0 Å². The van der Waals surface area contributed by atoms with E-state index < -0.39 is 0 Å². The lowest BCUT2D eigenvalue weighted by Crippen LogP contribution is -2.31. The average molecular weight is 309 g/mol. The largest absolute Gasteiger partial charge is 0.495 e. The van der Waals surface area contributed by atoms with Crippen molar-refractivity contribution >= 4 is 17.3 Å². The summed E-state index contributed by atoms with van der Waals surface area (Å²) in [6, 6.07) is 11.9. The molecule has 0 aliphatic carbocycles. The van der Waals surface area contributed by atoms with Crippen LogP contribution >= 0.6 is 11.6 Å². The number of likely N-dealkylation sites (N-methyl/N-ethyl adjacent to an activating group) is 1. The number of hydrogen-bond donors (Lipinski definition) is 1. The molecule has 5 heteroatoms. The molecule has 0 amide bonds. The second-order valence-electron chi connectivity index (χ2n) is 4.71. The zero-order valence-corrected chi connectivity index (χ0v) is 12.8. The molecule has 1 unspecified atom stereocenters. The topological polar surface area (TPSA) is 38.5 Å². The van der Waals surface area contributed by atoms with Gasteiger partial charge in [0.25, 0.3) is 0 Å². The summed E-state index contributed by atoms with van der Waals surface area (Å²) in [7, 11) is 3.38. The number of anilines is 1. The van der Waals surface area contributed by atoms with Crippen molar-refractivity contribution < 1.29 is 9.13 Å². The van der Waals surface area contributed by atoms with E-state index in [0.717, 1.165) is 5.56 Å². The molecule has 0 radical (unpaired) electrons. The van der Waals surface area contributed by atoms with Gasteiger partial charge in [-0.15, -0.1) is 0 Å². The minimum atomic E-state index is -0.280. The number of para-hydroxylation sites is 1. The van der Waals surface area contributed by atoms with Gasteiger partial charge in [-0.2, -0.15) is 0 Å². The highest BCUT2D eigenvalue weighted by atomic mass is 35.5. The lowest BCUT2D eigenvalue weighted by Gasteiger charge is -2.30. The standard InChI is InChI=1S/C16H18ClFN2O/c1-20(14-6-4-3-5-13(14)18)15(10-19)11-7-8-16(21-2)12(17)9-11/h3-9,15H,10,19H2,1-2H3. The van der Waals surface area contributed by atoms with Crippen molar-refractivity contribution in [2.45, 2.75) is 6.04 Å². The summed E-state index contributed by atoms with van der Waals surface area (Å²) in [6.45, 7) is 0.341. The van der Waals surface area contributed by atoms with E-state index in [1.807, 2.05) is 18.0 Å². The van der Waals surface area contributed by atoms with Crippen LogP contribution in [0.15, 0.2) is 42.5 Å². The SMILES string of the molecule is COc1ccc(C(CN)N(C)c2ccccc2F)cc1Cl. The van der Waals surface area contributed by atoms with E-state index in [2.05, 4.69) is 0 Å². The van der Waals surface area contributed by atoms with Crippen LogP contribution in [0.4, 0.5) is 10.1 Å². The third-order valence-corrected chi connectivity index (χ3v) is 3.78. The van der Waals surface area contributed by atoms with E-state index in [-0.39, 0.29) is 11.9 Å². The predicted molar refractivity (Wildman–Crippen MR) is 84.6 cm³/mol. The van der Waals surface area contributed by atoms with Crippen molar-refractivity contribution in [3.63, 3.8) is 0 Å². The Kier molecular flexibility index (Phi) is 5.04. The molecule has 0 saturated heterocycles. The van der Waals surface area contributed by atoms with Gasteiger partial charge in [0.05, 0.1) is 23.9 Å². The normalized spacial score (nSPS) is 12.0. The lowest BCUT2D eigenvalue weighted by molar-refractivity contribution is 0.414. The minimum absolute atomic E-state index is 0.176. The van der Waals surface area contributed by atoms with Crippen molar-refractivity contribution in [3.8, 4) is 5.75 Å². The van der Waals surface area contributed by atoms with Crippen LogP contribution in [-0.4, -0.2) is 20.7 Å². The number of ether oxygens (including phenoxy) is 1. The van der Waals surface area contributed by atoms with Gasteiger partial charge in [0, 0.05) is 13.6 Å². The highest BCUT2D eigenvalue weighted by Gasteiger charge is 2.19. The van der Waals surface area contributed by atoms with Crippen molar-refractivity contribution in [1.82, 2.24) is 0 Å². The molecule has 0 saturated carbocycles. The van der Waals surface area contributed by atoms with Gasteiger partial charge in [-0.1, -0.05) is 29.8 Å². The van der Waals surface area contributed by atoms with E-state index in [9.17, 15) is 4.39 Å². The number of nitrogens with two attached hydrogens (primary N) is 1. The molecule has 1 atom stereocenters. The highest BCUT2D eigenvalue weighted by molar-refractivity contribution is 6.32. The molecule has 2 aromatic carbocycles. The van der Waals surface area contributed by atoms with Gasteiger partial charge in [0.15, 0.2) is 0 Å². The van der Waals surface area contributed by atoms with Gasteiger partial charge in [-0.25, -0.2) is 4.39 Å². The first-order chi connectivity index (χ1) is 10.1. The average Bonchev–Trinajstić information content (AvgIpc) is 2.48. The van der Waals surface area contributed by atoms with Crippen LogP contribution in [0.1, 0.15) is 11.6 Å². The predicted octanol–water partition coefficient (Wildman–Crippen LogP) is 3.62. The Balaban J connectivity index is 2.35. The summed E-state index contributed by atoms with van der Waals surface area (Å²) in [4.78, 5) is 1.81. The fraction of sp³-hybridized carbons (Fsp3) is 0.250. The zero-order chi connectivity index (χ0) is 15.4. The second kappa shape index (κ2) is 6.78. The summed E-state index contributed by atoms with van der Waals surface area (Å²) in [5.74, 6) is 0.322. The Hall–Kier alpha value is -1.78. The van der Waals surface area contributed by atoms with E-state index in [1.54, 1.807) is 37.4 Å². The molecule has 0 aliphatic rings. The number of rotatable bonds is 5. The van der Waals surface area contributed by atoms with E-state index in [1.165, 1.54) is 6.07 Å². The van der Waals surface area contributed by atoms with Crippen molar-refractivity contribution in [1.29, 1.82) is 0 Å². The Morgan fingerprint density at radius 1 is 1.29 bits per heavy atom. The third kappa shape index (κ3) is 3.28. The summed E-state index contributed by atoms with van der Waals surface area (Å²) in [5.41, 5.74) is 7.29. The number of hydrogen-bond acceptors (Lipinski definition) is 3. The summed E-state index contributed by atoms with van der Waals surface area (Å²) < 4.78 is 19.1. The lowest BCUT2D eigenvalue weighted by atomic mass is 10.0. The molecular formula is C16H18ClFN2O. The summed E-state index contributed by atoms with van der Waals surface area (Å²) >= 11 is 6.15. The molecule has 0 heterocycles. The maximum absolute atomic E-state index is 13.9. The van der Waals surface area contributed by atoms with Crippen molar-refractivity contribution in [3.05, 3.63) is 58.9 Å². The molecule has 3 nitrogen and oxygen atoms in total. The summed E-state index contributed by atoms with van der Waals surface area (Å²) in [6.07, 6.45) is 0. The molecule has 2 aromatic rings. The second-order valence-corrected chi connectivity index (χ2v) is 5.12. The number of halogens is 2. The van der Waals surface area contributed by atoms with Gasteiger partial charge in [0.1, 0.15) is 11.6 Å². The Morgan fingerprint density at radius 2 is 2.00 bits per heavy atom. The number of nitrogens with zero attached hydrogens (tertiary/aromatic N) is 1. The first kappa shape index (κ1) is 15.6. The maximum Gasteiger partial charge on any atom is 0.146 e. The Morgan fingerprint density at radius 3 is 2.57 bits per heavy atom. The number of methoxy groups -OCH3 is 1. The van der Waals surface area contributed by atoms with Gasteiger partial charge < -0.3 is 15.4 Å². The van der Waals surface area contributed by atoms with Crippen molar-refractivity contribution in [2.24, 2.45) is 5.73 Å². The van der Waals surface area contributed by atoms with E-state index >= 15 is 0 Å². The van der Waals surface area contributed by atoms with E-state index in [0.29, 0.717) is 23.0 Å². The molecule has 0 spiro atoms. The van der Waals surface area contributed by atoms with Crippen LogP contribution in [0.25, 0.3) is 0 Å². The molecule has 2 rings (SSSR count). The minimum Gasteiger partial charge on any atom is -0.495 e. The van der Waals surface area contributed by atoms with Crippen LogP contribution in [-0.2, 0) is 0 Å². The van der Waals surface area contributed by atoms with Crippen molar-refractivity contribution in [2.75, 3.05) is 25.6 Å². The smallest absolute Gasteiger partial charge is 0.146 e. The highest BCUT2D eigenvalue weighted by Crippen LogP contribution is 2.31. The van der Waals surface area contributed by atoms with Crippen LogP contribution in [0.3, 0.4) is 0 Å². The first-order valence-electron chi connectivity index (χ1n) is 6.59. The van der Waals surface area contributed by atoms with Crippen LogP contribution < -0.4 is 15.4 Å². The molecular weight excluding hydrogens is 291 g/mol. The molecule has 0 fully saturated rings. The molecule has 0 aliphatic heterocycles. The fourth-order valence-electron chi connectivity index (χ4n) is 2.31. The summed E-state index contributed by atoms with van der Waals surface area (Å²) in [5, 5.41) is 0.510. The van der Waals surface area contributed by atoms with Crippen LogP contribution in [0, 0.1) is 5.82 Å². The van der Waals surface area contributed by atoms with Gasteiger partial charge >= 0.3 is 0 Å². The maximum atomic E-state index is 13.9. The number of benzene rings is 2. The fourth-order valence-corrected chi connectivity index (χ4v) is 2.58. The van der Waals surface area contributed by atoms with Gasteiger partial charge in [0.2, 0.25) is 0 Å². The Labute approximate surface area is 129 Å². The van der Waals surface area contributed by atoms with Crippen LogP contribution in [0.2, 0.25) is 5.02 Å². The zero-order valence-electron chi connectivity index (χ0n) is 12.0. The van der Waals surface area contributed by atoms with Crippen LogP contribution in [0.5, 0.6) is 5.75 Å². The molecule has 0 bridgehead atoms.